The standard InChI is InChI=1S/C19H17FN4O2S2/c1-11(2)9-24-18(25)16-14(7-8-27-16)21-19(24)28-10-15-22-17(23-26-15)12-3-5-13(20)6-4-12/h3-8,11H,9-10H2,1-2H3. The molecule has 0 N–H and O–H groups in total. The number of aromatic nitrogens is 4. The van der Waals surface area contributed by atoms with Gasteiger partial charge in [0.2, 0.25) is 11.7 Å². The SMILES string of the molecule is CC(C)Cn1c(SCc2nc(-c3ccc(F)cc3)no2)nc2ccsc2c1=O. The van der Waals surface area contributed by atoms with Gasteiger partial charge in [0.05, 0.1) is 11.3 Å². The van der Waals surface area contributed by atoms with Gasteiger partial charge in [0.15, 0.2) is 5.16 Å². The summed E-state index contributed by atoms with van der Waals surface area (Å²) >= 11 is 2.79. The topological polar surface area (TPSA) is 73.8 Å². The van der Waals surface area contributed by atoms with Crippen LogP contribution in [-0.4, -0.2) is 19.7 Å². The number of benzene rings is 1. The predicted molar refractivity (Wildman–Crippen MR) is 108 cm³/mol. The lowest BCUT2D eigenvalue weighted by Gasteiger charge is -2.13. The van der Waals surface area contributed by atoms with Crippen molar-refractivity contribution in [1.29, 1.82) is 0 Å². The van der Waals surface area contributed by atoms with Gasteiger partial charge < -0.3 is 4.52 Å². The molecule has 0 saturated carbocycles. The van der Waals surface area contributed by atoms with Gasteiger partial charge in [-0.2, -0.15) is 4.98 Å². The predicted octanol–water partition coefficient (Wildman–Crippen LogP) is 4.60. The molecule has 0 aliphatic rings. The second kappa shape index (κ2) is 7.84. The number of halogens is 1. The van der Waals surface area contributed by atoms with Gasteiger partial charge in [-0.25, -0.2) is 9.37 Å². The lowest BCUT2D eigenvalue weighted by Crippen LogP contribution is -2.24. The van der Waals surface area contributed by atoms with Gasteiger partial charge in [0, 0.05) is 12.1 Å². The van der Waals surface area contributed by atoms with Crippen molar-refractivity contribution in [2.45, 2.75) is 31.3 Å². The first-order chi connectivity index (χ1) is 13.5. The maximum Gasteiger partial charge on any atom is 0.272 e. The van der Waals surface area contributed by atoms with Crippen LogP contribution in [0.1, 0.15) is 19.7 Å². The first-order valence-electron chi connectivity index (χ1n) is 8.70. The number of hydrogen-bond acceptors (Lipinski definition) is 7. The Labute approximate surface area is 168 Å². The Bertz CT molecular complexity index is 1160. The number of rotatable bonds is 6. The molecule has 6 nitrogen and oxygen atoms in total. The smallest absolute Gasteiger partial charge is 0.272 e. The van der Waals surface area contributed by atoms with Crippen molar-refractivity contribution >= 4 is 33.3 Å². The fraction of sp³-hybridized carbons (Fsp3) is 0.263. The summed E-state index contributed by atoms with van der Waals surface area (Å²) in [5.41, 5.74) is 1.36. The van der Waals surface area contributed by atoms with Crippen molar-refractivity contribution in [3.63, 3.8) is 0 Å². The summed E-state index contributed by atoms with van der Waals surface area (Å²) < 4.78 is 20.8. The maximum absolute atomic E-state index is 13.1. The third-order valence-corrected chi connectivity index (χ3v) is 5.83. The van der Waals surface area contributed by atoms with E-state index in [1.165, 1.54) is 35.2 Å². The molecule has 0 unspecified atom stereocenters. The minimum atomic E-state index is -0.318. The van der Waals surface area contributed by atoms with Crippen molar-refractivity contribution in [3.8, 4) is 11.4 Å². The van der Waals surface area contributed by atoms with Crippen LogP contribution >= 0.6 is 23.1 Å². The normalized spacial score (nSPS) is 11.6. The molecule has 0 radical (unpaired) electrons. The quantitative estimate of drug-likeness (QED) is 0.338. The van der Waals surface area contributed by atoms with Crippen molar-refractivity contribution in [2.75, 3.05) is 0 Å². The molecule has 0 amide bonds. The Kier molecular flexibility index (Phi) is 5.27. The molecule has 0 fully saturated rings. The van der Waals surface area contributed by atoms with Gasteiger partial charge in [-0.05, 0) is 41.6 Å². The van der Waals surface area contributed by atoms with E-state index in [1.807, 2.05) is 11.4 Å². The Hall–Kier alpha value is -2.52. The highest BCUT2D eigenvalue weighted by Crippen LogP contribution is 2.25. The van der Waals surface area contributed by atoms with Crippen LogP contribution in [0.25, 0.3) is 21.6 Å². The molecule has 144 valence electrons. The summed E-state index contributed by atoms with van der Waals surface area (Å²) in [5.74, 6) is 1.19. The third kappa shape index (κ3) is 3.85. The molecule has 0 spiro atoms. The Morgan fingerprint density at radius 3 is 2.75 bits per heavy atom. The van der Waals surface area contributed by atoms with Crippen molar-refractivity contribution < 1.29 is 8.91 Å². The molecule has 4 aromatic rings. The summed E-state index contributed by atoms with van der Waals surface area (Å²) in [6, 6.07) is 7.76. The first-order valence-corrected chi connectivity index (χ1v) is 10.6. The minimum Gasteiger partial charge on any atom is -0.338 e. The zero-order valence-corrected chi connectivity index (χ0v) is 16.9. The van der Waals surface area contributed by atoms with Gasteiger partial charge >= 0.3 is 0 Å². The van der Waals surface area contributed by atoms with Crippen LogP contribution in [-0.2, 0) is 12.3 Å². The van der Waals surface area contributed by atoms with Crippen LogP contribution in [0.5, 0.6) is 0 Å². The van der Waals surface area contributed by atoms with Gasteiger partial charge in [-0.1, -0.05) is 30.8 Å². The van der Waals surface area contributed by atoms with Crippen LogP contribution < -0.4 is 5.56 Å². The molecule has 28 heavy (non-hydrogen) atoms. The lowest BCUT2D eigenvalue weighted by atomic mass is 10.2. The zero-order chi connectivity index (χ0) is 19.7. The molecule has 1 aromatic carbocycles. The molecule has 0 aliphatic carbocycles. The number of fused-ring (bicyclic) bond motifs is 1. The highest BCUT2D eigenvalue weighted by Gasteiger charge is 2.16. The fourth-order valence-electron chi connectivity index (χ4n) is 2.72. The second-order valence-corrected chi connectivity index (χ2v) is 8.50. The molecular weight excluding hydrogens is 399 g/mol. The van der Waals surface area contributed by atoms with E-state index in [1.54, 1.807) is 16.7 Å². The molecule has 0 atom stereocenters. The molecule has 0 aliphatic heterocycles. The van der Waals surface area contributed by atoms with E-state index in [4.69, 9.17) is 4.52 Å². The summed E-state index contributed by atoms with van der Waals surface area (Å²) in [5, 5.41) is 6.46. The second-order valence-electron chi connectivity index (χ2n) is 6.65. The lowest BCUT2D eigenvalue weighted by molar-refractivity contribution is 0.391. The van der Waals surface area contributed by atoms with Crippen LogP contribution in [0.2, 0.25) is 0 Å². The first kappa shape index (κ1) is 18.8. The maximum atomic E-state index is 13.1. The number of nitrogens with zero attached hydrogens (tertiary/aromatic N) is 4. The van der Waals surface area contributed by atoms with Gasteiger partial charge in [-0.3, -0.25) is 9.36 Å². The summed E-state index contributed by atoms with van der Waals surface area (Å²) in [6.45, 7) is 4.71. The van der Waals surface area contributed by atoms with Crippen LogP contribution in [0.4, 0.5) is 4.39 Å². The Morgan fingerprint density at radius 2 is 2.00 bits per heavy atom. The third-order valence-electron chi connectivity index (χ3n) is 3.97. The fourth-order valence-corrected chi connectivity index (χ4v) is 4.34. The summed E-state index contributed by atoms with van der Waals surface area (Å²) in [4.78, 5) is 21.8. The molecular formula is C19H17FN4O2S2. The largest absolute Gasteiger partial charge is 0.338 e. The van der Waals surface area contributed by atoms with E-state index >= 15 is 0 Å². The summed E-state index contributed by atoms with van der Waals surface area (Å²) in [6.07, 6.45) is 0. The number of thioether (sulfide) groups is 1. The van der Waals surface area contributed by atoms with Gasteiger partial charge in [0.25, 0.3) is 5.56 Å². The highest BCUT2D eigenvalue weighted by molar-refractivity contribution is 7.98. The van der Waals surface area contributed by atoms with Crippen molar-refractivity contribution in [2.24, 2.45) is 5.92 Å². The van der Waals surface area contributed by atoms with Crippen LogP contribution in [0, 0.1) is 11.7 Å². The van der Waals surface area contributed by atoms with Crippen molar-refractivity contribution in [1.82, 2.24) is 19.7 Å². The van der Waals surface area contributed by atoms with Gasteiger partial charge in [0.1, 0.15) is 10.5 Å². The molecule has 9 heteroatoms. The average molecular weight is 417 g/mol. The number of thiophene rings is 1. The zero-order valence-electron chi connectivity index (χ0n) is 15.3. The Morgan fingerprint density at radius 1 is 1.21 bits per heavy atom. The van der Waals surface area contributed by atoms with E-state index in [2.05, 4.69) is 29.0 Å². The highest BCUT2D eigenvalue weighted by atomic mass is 32.2. The average Bonchev–Trinajstić information content (AvgIpc) is 3.32. The molecule has 0 bridgehead atoms. The van der Waals surface area contributed by atoms with E-state index in [9.17, 15) is 9.18 Å². The molecule has 0 saturated heterocycles. The van der Waals surface area contributed by atoms with Crippen LogP contribution in [0.3, 0.4) is 0 Å². The molecule has 3 heterocycles. The van der Waals surface area contributed by atoms with E-state index < -0.39 is 0 Å². The van der Waals surface area contributed by atoms with E-state index in [0.29, 0.717) is 50.9 Å². The summed E-state index contributed by atoms with van der Waals surface area (Å²) in [7, 11) is 0. The van der Waals surface area contributed by atoms with E-state index in [-0.39, 0.29) is 11.4 Å². The number of hydrogen-bond donors (Lipinski definition) is 0. The molecule has 3 aromatic heterocycles. The Balaban J connectivity index is 1.59. The monoisotopic (exact) mass is 416 g/mol. The van der Waals surface area contributed by atoms with Gasteiger partial charge in [-0.15, -0.1) is 11.3 Å². The minimum absolute atomic E-state index is 0.0197. The van der Waals surface area contributed by atoms with E-state index in [0.717, 1.165) is 0 Å². The molecule has 4 rings (SSSR count). The van der Waals surface area contributed by atoms with Crippen LogP contribution in [0.15, 0.2) is 50.2 Å². The van der Waals surface area contributed by atoms with Crippen molar-refractivity contribution in [3.05, 3.63) is 57.8 Å².